The van der Waals surface area contributed by atoms with E-state index in [1.54, 1.807) is 37.3 Å². The van der Waals surface area contributed by atoms with Crippen molar-refractivity contribution in [3.05, 3.63) is 59.7 Å². The minimum Gasteiger partial charge on any atom is -0.478 e. The van der Waals surface area contributed by atoms with Crippen LogP contribution in [0.2, 0.25) is 0 Å². The van der Waals surface area contributed by atoms with Crippen LogP contribution in [0.1, 0.15) is 35.7 Å². The summed E-state index contributed by atoms with van der Waals surface area (Å²) in [4.78, 5) is 23.0. The van der Waals surface area contributed by atoms with Gasteiger partial charge in [0.15, 0.2) is 0 Å². The molecule has 2 aromatic carbocycles. The van der Waals surface area contributed by atoms with Crippen LogP contribution < -0.4 is 4.74 Å². The van der Waals surface area contributed by atoms with Gasteiger partial charge >= 0.3 is 5.97 Å². The molecule has 0 aliphatic carbocycles. The molecule has 0 spiro atoms. The molecule has 2 aromatic rings. The number of Topliss-reactive ketones (excluding diaryl/α,β-unsaturated/α-hetero) is 1. The molecule has 0 aliphatic rings. The number of ketones is 1. The number of carbonyl (C=O) groups is 2. The van der Waals surface area contributed by atoms with Crippen LogP contribution in [0.3, 0.4) is 0 Å². The zero-order valence-electron chi connectivity index (χ0n) is 12.4. The van der Waals surface area contributed by atoms with Gasteiger partial charge in [-0.25, -0.2) is 4.79 Å². The lowest BCUT2D eigenvalue weighted by atomic mass is 10.00. The second-order valence-electron chi connectivity index (χ2n) is 4.90. The monoisotopic (exact) mass is 298 g/mol. The first kappa shape index (κ1) is 15.8. The van der Waals surface area contributed by atoms with Gasteiger partial charge in [0, 0.05) is 12.8 Å². The van der Waals surface area contributed by atoms with Crippen LogP contribution in [0.4, 0.5) is 0 Å². The lowest BCUT2D eigenvalue weighted by Crippen LogP contribution is -2.07. The molecule has 0 saturated carbocycles. The number of ether oxygens (including phenoxy) is 1. The van der Waals surface area contributed by atoms with E-state index >= 15 is 0 Å². The van der Waals surface area contributed by atoms with Crippen LogP contribution in [0, 0.1) is 0 Å². The fraction of sp³-hybridized carbons (Fsp3) is 0.222. The summed E-state index contributed by atoms with van der Waals surface area (Å²) < 4.78 is 5.68. The Balaban J connectivity index is 2.30. The molecule has 1 N–H and O–H groups in total. The molecule has 22 heavy (non-hydrogen) atoms. The van der Waals surface area contributed by atoms with Gasteiger partial charge in [-0.2, -0.15) is 0 Å². The summed E-state index contributed by atoms with van der Waals surface area (Å²) in [6, 6.07) is 14.1. The van der Waals surface area contributed by atoms with E-state index in [1.807, 2.05) is 18.2 Å². The van der Waals surface area contributed by atoms with Gasteiger partial charge in [-0.1, -0.05) is 37.3 Å². The summed E-state index contributed by atoms with van der Waals surface area (Å²) in [7, 11) is 0. The fourth-order valence-corrected chi connectivity index (χ4v) is 2.18. The summed E-state index contributed by atoms with van der Waals surface area (Å²) in [5, 5.41) is 9.48. The van der Waals surface area contributed by atoms with E-state index in [0.29, 0.717) is 36.3 Å². The van der Waals surface area contributed by atoms with E-state index in [4.69, 9.17) is 4.74 Å². The first-order valence-corrected chi connectivity index (χ1v) is 7.21. The molecule has 0 aromatic heterocycles. The minimum atomic E-state index is -1.05. The fourth-order valence-electron chi connectivity index (χ4n) is 2.18. The second-order valence-corrected chi connectivity index (χ2v) is 4.90. The van der Waals surface area contributed by atoms with Crippen molar-refractivity contribution in [1.29, 1.82) is 0 Å². The molecule has 0 heterocycles. The van der Waals surface area contributed by atoms with Crippen LogP contribution >= 0.6 is 0 Å². The highest BCUT2D eigenvalue weighted by atomic mass is 16.5. The molecule has 0 saturated heterocycles. The Morgan fingerprint density at radius 1 is 1.05 bits per heavy atom. The maximum Gasteiger partial charge on any atom is 0.339 e. The smallest absolute Gasteiger partial charge is 0.339 e. The number of carboxylic acids is 1. The molecule has 4 heteroatoms. The van der Waals surface area contributed by atoms with Gasteiger partial charge in [0.25, 0.3) is 0 Å². The molecule has 0 aliphatic heterocycles. The number of benzene rings is 2. The number of aromatic carboxylic acids is 1. The highest BCUT2D eigenvalue weighted by molar-refractivity contribution is 5.93. The number of carboxylic acid groups (broad SMARTS) is 1. The van der Waals surface area contributed by atoms with Crippen molar-refractivity contribution < 1.29 is 19.4 Å². The van der Waals surface area contributed by atoms with Crippen molar-refractivity contribution in [3.8, 4) is 11.5 Å². The Bertz CT molecular complexity index is 662. The van der Waals surface area contributed by atoms with Gasteiger partial charge in [-0.05, 0) is 30.2 Å². The third-order valence-electron chi connectivity index (χ3n) is 3.36. The lowest BCUT2D eigenvalue weighted by Gasteiger charge is -2.12. The summed E-state index contributed by atoms with van der Waals surface area (Å²) in [6.07, 6.45) is 1.20. The standard InChI is InChI=1S/C18H18O4/c1-2-14(19)12-11-13-7-6-10-16(17(13)18(20)21)22-15-8-4-3-5-9-15/h3-10H,2,11-12H2,1H3,(H,20,21). The number of para-hydroxylation sites is 1. The summed E-state index contributed by atoms with van der Waals surface area (Å²) in [5.74, 6) is -0.0665. The molecule has 114 valence electrons. The highest BCUT2D eigenvalue weighted by Gasteiger charge is 2.17. The predicted molar refractivity (Wildman–Crippen MR) is 83.5 cm³/mol. The van der Waals surface area contributed by atoms with Crippen molar-refractivity contribution in [2.75, 3.05) is 0 Å². The van der Waals surface area contributed by atoms with Crippen LogP contribution in [0.15, 0.2) is 48.5 Å². The molecule has 0 amide bonds. The number of rotatable bonds is 7. The molecule has 0 bridgehead atoms. The van der Waals surface area contributed by atoms with Gasteiger partial charge < -0.3 is 9.84 Å². The molecule has 0 fully saturated rings. The normalized spacial score (nSPS) is 10.2. The molecule has 4 nitrogen and oxygen atoms in total. The number of carbonyl (C=O) groups excluding carboxylic acids is 1. The molecule has 0 radical (unpaired) electrons. The van der Waals surface area contributed by atoms with Crippen LogP contribution in [0.5, 0.6) is 11.5 Å². The Hall–Kier alpha value is -2.62. The predicted octanol–water partition coefficient (Wildman–Crippen LogP) is 4.09. The Labute approximate surface area is 129 Å². The molecule has 0 unspecified atom stereocenters. The van der Waals surface area contributed by atoms with E-state index in [0.717, 1.165) is 0 Å². The van der Waals surface area contributed by atoms with Crippen molar-refractivity contribution >= 4 is 11.8 Å². The third-order valence-corrected chi connectivity index (χ3v) is 3.36. The van der Waals surface area contributed by atoms with E-state index in [1.165, 1.54) is 0 Å². The summed E-state index contributed by atoms with van der Waals surface area (Å²) >= 11 is 0. The van der Waals surface area contributed by atoms with Crippen LogP contribution in [-0.4, -0.2) is 16.9 Å². The zero-order valence-corrected chi connectivity index (χ0v) is 12.4. The number of aryl methyl sites for hydroxylation is 1. The van der Waals surface area contributed by atoms with E-state index in [2.05, 4.69) is 0 Å². The van der Waals surface area contributed by atoms with Crippen LogP contribution in [-0.2, 0) is 11.2 Å². The SMILES string of the molecule is CCC(=O)CCc1cccc(Oc2ccccc2)c1C(=O)O. The topological polar surface area (TPSA) is 63.6 Å². The average Bonchev–Trinajstić information content (AvgIpc) is 2.53. The second kappa shape index (κ2) is 7.41. The molecule has 2 rings (SSSR count). The lowest BCUT2D eigenvalue weighted by molar-refractivity contribution is -0.118. The summed E-state index contributed by atoms with van der Waals surface area (Å²) in [6.45, 7) is 1.80. The Kier molecular flexibility index (Phi) is 5.31. The van der Waals surface area contributed by atoms with Crippen molar-refractivity contribution in [2.45, 2.75) is 26.2 Å². The van der Waals surface area contributed by atoms with E-state index in [-0.39, 0.29) is 11.3 Å². The largest absolute Gasteiger partial charge is 0.478 e. The van der Waals surface area contributed by atoms with Crippen molar-refractivity contribution in [3.63, 3.8) is 0 Å². The Morgan fingerprint density at radius 2 is 1.77 bits per heavy atom. The van der Waals surface area contributed by atoms with Gasteiger partial charge in [0.05, 0.1) is 0 Å². The third kappa shape index (κ3) is 3.95. The summed E-state index contributed by atoms with van der Waals surface area (Å²) in [5.41, 5.74) is 0.734. The maximum absolute atomic E-state index is 11.6. The number of hydrogen-bond acceptors (Lipinski definition) is 3. The minimum absolute atomic E-state index is 0.116. The average molecular weight is 298 g/mol. The number of hydrogen-bond donors (Lipinski definition) is 1. The molecule has 0 atom stereocenters. The molecular weight excluding hydrogens is 280 g/mol. The first-order chi connectivity index (χ1) is 10.6. The van der Waals surface area contributed by atoms with Crippen molar-refractivity contribution in [1.82, 2.24) is 0 Å². The van der Waals surface area contributed by atoms with E-state index in [9.17, 15) is 14.7 Å². The van der Waals surface area contributed by atoms with Crippen molar-refractivity contribution in [2.24, 2.45) is 0 Å². The molecular formula is C18H18O4. The van der Waals surface area contributed by atoms with Gasteiger partial charge in [0.1, 0.15) is 22.8 Å². The Morgan fingerprint density at radius 3 is 2.41 bits per heavy atom. The first-order valence-electron chi connectivity index (χ1n) is 7.21. The van der Waals surface area contributed by atoms with Gasteiger partial charge in [-0.15, -0.1) is 0 Å². The van der Waals surface area contributed by atoms with Gasteiger partial charge in [0.2, 0.25) is 0 Å². The maximum atomic E-state index is 11.6. The zero-order chi connectivity index (χ0) is 15.9. The van der Waals surface area contributed by atoms with Gasteiger partial charge in [-0.3, -0.25) is 4.79 Å². The van der Waals surface area contributed by atoms with Crippen LogP contribution in [0.25, 0.3) is 0 Å². The quantitative estimate of drug-likeness (QED) is 0.836. The van der Waals surface area contributed by atoms with E-state index < -0.39 is 5.97 Å². The highest BCUT2D eigenvalue weighted by Crippen LogP contribution is 2.28.